The molecule has 6 heteroatoms. The van der Waals surface area contributed by atoms with Crippen LogP contribution in [0.3, 0.4) is 0 Å². The van der Waals surface area contributed by atoms with Crippen molar-refractivity contribution >= 4 is 22.8 Å². The number of aromatic nitrogens is 4. The minimum atomic E-state index is 0.543. The maximum Gasteiger partial charge on any atom is 0.229 e. The highest BCUT2D eigenvalue weighted by Crippen LogP contribution is 2.18. The average molecular weight is 255 g/mol. The van der Waals surface area contributed by atoms with E-state index in [2.05, 4.69) is 20.3 Å². The summed E-state index contributed by atoms with van der Waals surface area (Å²) < 4.78 is 6.97. The van der Waals surface area contributed by atoms with E-state index in [-0.39, 0.29) is 0 Å². The summed E-state index contributed by atoms with van der Waals surface area (Å²) in [6.07, 6.45) is 3.42. The Bertz CT molecular complexity index is 705. The zero-order chi connectivity index (χ0) is 13.2. The van der Waals surface area contributed by atoms with Gasteiger partial charge in [0.15, 0.2) is 5.65 Å². The maximum atomic E-state index is 5.11. The first-order valence-electron chi connectivity index (χ1n) is 5.81. The fourth-order valence-corrected chi connectivity index (χ4v) is 1.78. The van der Waals surface area contributed by atoms with Gasteiger partial charge >= 0.3 is 0 Å². The van der Waals surface area contributed by atoms with Crippen LogP contribution in [-0.4, -0.2) is 26.6 Å². The molecule has 0 fully saturated rings. The van der Waals surface area contributed by atoms with Crippen LogP contribution in [0.5, 0.6) is 5.75 Å². The molecule has 19 heavy (non-hydrogen) atoms. The molecule has 1 aromatic carbocycles. The summed E-state index contributed by atoms with van der Waals surface area (Å²) in [5.74, 6) is 1.36. The lowest BCUT2D eigenvalue weighted by atomic mass is 10.3. The molecule has 0 spiro atoms. The number of benzene rings is 1. The topological polar surface area (TPSA) is 64.9 Å². The SMILES string of the molecule is COc1ccc(Nc2ncc3ncn(C)c3n2)cc1. The fourth-order valence-electron chi connectivity index (χ4n) is 1.78. The summed E-state index contributed by atoms with van der Waals surface area (Å²) in [6, 6.07) is 7.58. The lowest BCUT2D eigenvalue weighted by Crippen LogP contribution is -1.98. The molecule has 3 rings (SSSR count). The minimum absolute atomic E-state index is 0.543. The predicted molar refractivity (Wildman–Crippen MR) is 72.6 cm³/mol. The van der Waals surface area contributed by atoms with Crippen LogP contribution >= 0.6 is 0 Å². The van der Waals surface area contributed by atoms with Crippen LogP contribution in [0, 0.1) is 0 Å². The smallest absolute Gasteiger partial charge is 0.229 e. The van der Waals surface area contributed by atoms with Gasteiger partial charge in [-0.1, -0.05) is 0 Å². The first-order valence-corrected chi connectivity index (χ1v) is 5.81. The molecule has 2 heterocycles. The van der Waals surface area contributed by atoms with E-state index in [0.29, 0.717) is 5.95 Å². The molecule has 0 aliphatic carbocycles. The first-order chi connectivity index (χ1) is 9.26. The molecule has 0 aliphatic rings. The molecule has 0 amide bonds. The van der Waals surface area contributed by atoms with Crippen molar-refractivity contribution in [1.82, 2.24) is 19.5 Å². The van der Waals surface area contributed by atoms with E-state index in [1.54, 1.807) is 19.6 Å². The van der Waals surface area contributed by atoms with Crippen molar-refractivity contribution in [2.75, 3.05) is 12.4 Å². The molecule has 0 bridgehead atoms. The Hall–Kier alpha value is -2.63. The second-order valence-electron chi connectivity index (χ2n) is 4.11. The number of nitrogens with zero attached hydrogens (tertiary/aromatic N) is 4. The van der Waals surface area contributed by atoms with Gasteiger partial charge in [0.2, 0.25) is 5.95 Å². The van der Waals surface area contributed by atoms with Crippen LogP contribution in [0.4, 0.5) is 11.6 Å². The number of rotatable bonds is 3. The van der Waals surface area contributed by atoms with Crippen molar-refractivity contribution in [3.8, 4) is 5.75 Å². The van der Waals surface area contributed by atoms with Gasteiger partial charge in [-0.2, -0.15) is 4.98 Å². The third kappa shape index (κ3) is 2.20. The van der Waals surface area contributed by atoms with Crippen LogP contribution in [0.25, 0.3) is 11.2 Å². The molecular formula is C13H13N5O. The van der Waals surface area contributed by atoms with Gasteiger partial charge in [-0.05, 0) is 24.3 Å². The summed E-state index contributed by atoms with van der Waals surface area (Å²) in [6.45, 7) is 0. The number of ether oxygens (including phenoxy) is 1. The number of aryl methyl sites for hydroxylation is 1. The monoisotopic (exact) mass is 255 g/mol. The van der Waals surface area contributed by atoms with E-state index in [9.17, 15) is 0 Å². The van der Waals surface area contributed by atoms with Gasteiger partial charge in [-0.3, -0.25) is 0 Å². The number of hydrogen-bond acceptors (Lipinski definition) is 5. The highest BCUT2D eigenvalue weighted by molar-refractivity contribution is 5.71. The van der Waals surface area contributed by atoms with Crippen LogP contribution in [0.15, 0.2) is 36.8 Å². The second-order valence-corrected chi connectivity index (χ2v) is 4.11. The fraction of sp³-hybridized carbons (Fsp3) is 0.154. The van der Waals surface area contributed by atoms with Crippen molar-refractivity contribution in [3.05, 3.63) is 36.8 Å². The van der Waals surface area contributed by atoms with Gasteiger partial charge < -0.3 is 14.6 Å². The van der Waals surface area contributed by atoms with E-state index in [1.165, 1.54) is 0 Å². The lowest BCUT2D eigenvalue weighted by molar-refractivity contribution is 0.415. The number of nitrogens with one attached hydrogen (secondary N) is 1. The van der Waals surface area contributed by atoms with E-state index in [0.717, 1.165) is 22.6 Å². The van der Waals surface area contributed by atoms with Gasteiger partial charge in [0, 0.05) is 12.7 Å². The zero-order valence-corrected chi connectivity index (χ0v) is 10.7. The molecule has 0 atom stereocenters. The van der Waals surface area contributed by atoms with Gasteiger partial charge in [-0.15, -0.1) is 0 Å². The number of anilines is 2. The largest absolute Gasteiger partial charge is 0.497 e. The summed E-state index contributed by atoms with van der Waals surface area (Å²) >= 11 is 0. The number of imidazole rings is 1. The Morgan fingerprint density at radius 1 is 1.16 bits per heavy atom. The van der Waals surface area contributed by atoms with Crippen molar-refractivity contribution in [3.63, 3.8) is 0 Å². The van der Waals surface area contributed by atoms with E-state index in [1.807, 2.05) is 35.9 Å². The maximum absolute atomic E-state index is 5.11. The molecule has 96 valence electrons. The number of methoxy groups -OCH3 is 1. The van der Waals surface area contributed by atoms with Crippen molar-refractivity contribution < 1.29 is 4.74 Å². The number of fused-ring (bicyclic) bond motifs is 1. The molecule has 0 unspecified atom stereocenters. The van der Waals surface area contributed by atoms with Crippen molar-refractivity contribution in [2.45, 2.75) is 0 Å². The first kappa shape index (κ1) is 11.5. The molecule has 0 saturated carbocycles. The van der Waals surface area contributed by atoms with Gasteiger partial charge in [0.25, 0.3) is 0 Å². The van der Waals surface area contributed by atoms with Crippen molar-refractivity contribution in [1.29, 1.82) is 0 Å². The standard InChI is InChI=1S/C13H13N5O/c1-18-8-15-11-7-14-13(17-12(11)18)16-9-3-5-10(19-2)6-4-9/h3-8H,1-2H3,(H,14,16,17). The van der Waals surface area contributed by atoms with Crippen LogP contribution in [0.2, 0.25) is 0 Å². The third-order valence-corrected chi connectivity index (χ3v) is 2.80. The molecule has 1 N–H and O–H groups in total. The molecule has 2 aromatic heterocycles. The van der Waals surface area contributed by atoms with Gasteiger partial charge in [0.1, 0.15) is 11.3 Å². The highest BCUT2D eigenvalue weighted by atomic mass is 16.5. The molecule has 0 radical (unpaired) electrons. The summed E-state index contributed by atoms with van der Waals surface area (Å²) in [5, 5.41) is 3.15. The minimum Gasteiger partial charge on any atom is -0.497 e. The summed E-state index contributed by atoms with van der Waals surface area (Å²) in [5.41, 5.74) is 2.48. The van der Waals surface area contributed by atoms with E-state index in [4.69, 9.17) is 4.74 Å². The number of hydrogen-bond donors (Lipinski definition) is 1. The van der Waals surface area contributed by atoms with Gasteiger partial charge in [0.05, 0.1) is 19.6 Å². The highest BCUT2D eigenvalue weighted by Gasteiger charge is 2.04. The Balaban J connectivity index is 1.89. The second kappa shape index (κ2) is 4.56. The zero-order valence-electron chi connectivity index (χ0n) is 10.7. The molecule has 0 saturated heterocycles. The average Bonchev–Trinajstić information content (AvgIpc) is 2.81. The Labute approximate surface area is 110 Å². The van der Waals surface area contributed by atoms with Gasteiger partial charge in [-0.25, -0.2) is 9.97 Å². The van der Waals surface area contributed by atoms with Crippen molar-refractivity contribution in [2.24, 2.45) is 7.05 Å². The third-order valence-electron chi connectivity index (χ3n) is 2.80. The molecular weight excluding hydrogens is 242 g/mol. The molecule has 6 nitrogen and oxygen atoms in total. The Morgan fingerprint density at radius 2 is 1.95 bits per heavy atom. The van der Waals surface area contributed by atoms with E-state index >= 15 is 0 Å². The molecule has 0 aliphatic heterocycles. The van der Waals surface area contributed by atoms with Crippen LogP contribution < -0.4 is 10.1 Å². The predicted octanol–water partition coefficient (Wildman–Crippen LogP) is 2.12. The molecule has 3 aromatic rings. The summed E-state index contributed by atoms with van der Waals surface area (Å²) in [4.78, 5) is 12.8. The lowest BCUT2D eigenvalue weighted by Gasteiger charge is -2.05. The quantitative estimate of drug-likeness (QED) is 0.776. The normalized spacial score (nSPS) is 10.6. The Morgan fingerprint density at radius 3 is 2.68 bits per heavy atom. The van der Waals surface area contributed by atoms with E-state index < -0.39 is 0 Å². The van der Waals surface area contributed by atoms with Crippen LogP contribution in [0.1, 0.15) is 0 Å². The Kier molecular flexibility index (Phi) is 2.75. The van der Waals surface area contributed by atoms with Crippen LogP contribution in [-0.2, 0) is 7.05 Å². The summed E-state index contributed by atoms with van der Waals surface area (Å²) in [7, 11) is 3.54.